The van der Waals surface area contributed by atoms with Crippen LogP contribution in [0.15, 0.2) is 39.6 Å². The fraction of sp³-hybridized carbons (Fsp3) is 0.625. The molecule has 1 aromatic carbocycles. The lowest BCUT2D eigenvalue weighted by atomic mass is 10.3. The first kappa shape index (κ1) is 22.5. The average Bonchev–Trinajstić information content (AvgIpc) is 2.50. The predicted octanol–water partition coefficient (Wildman–Crippen LogP) is 4.02. The van der Waals surface area contributed by atoms with E-state index in [4.69, 9.17) is 9.26 Å². The Hall–Kier alpha value is -0.520. The Labute approximate surface area is 154 Å². The fourth-order valence-electron chi connectivity index (χ4n) is 2.84. The minimum absolute atomic E-state index is 0.955. The summed E-state index contributed by atoms with van der Waals surface area (Å²) in [6.45, 7) is 0. The molecule has 7 nitrogen and oxygen atoms in total. The van der Waals surface area contributed by atoms with E-state index < -0.39 is 15.0 Å². The number of hydrogen-bond donors (Lipinski definition) is 0. The van der Waals surface area contributed by atoms with Crippen molar-refractivity contribution >= 4 is 20.7 Å². The van der Waals surface area contributed by atoms with Gasteiger partial charge in [-0.05, 0) is 82.6 Å². The van der Waals surface area contributed by atoms with Crippen LogP contribution in [0.4, 0.5) is 5.69 Å². The Kier molecular flexibility index (Phi) is 8.03. The van der Waals surface area contributed by atoms with Crippen molar-refractivity contribution in [2.75, 3.05) is 70.5 Å². The van der Waals surface area contributed by atoms with E-state index in [0.717, 1.165) is 5.69 Å². The normalized spacial score (nSPS) is 13.4. The monoisotopic (exact) mass is 387 g/mol. The van der Waals surface area contributed by atoms with E-state index in [-0.39, 0.29) is 0 Å². The summed E-state index contributed by atoms with van der Waals surface area (Å²) in [5.41, 5.74) is 0.955. The Balaban J connectivity index is 3.93. The molecule has 144 valence electrons. The summed E-state index contributed by atoms with van der Waals surface area (Å²) in [6.07, 6.45) is 0. The lowest BCUT2D eigenvalue weighted by molar-refractivity contribution is 0.472. The van der Waals surface area contributed by atoms with E-state index in [9.17, 15) is 0 Å². The summed E-state index contributed by atoms with van der Waals surface area (Å²) in [5, 5.41) is 0. The van der Waals surface area contributed by atoms with Gasteiger partial charge in [0.15, 0.2) is 7.51 Å². The summed E-state index contributed by atoms with van der Waals surface area (Å²) >= 11 is 0. The van der Waals surface area contributed by atoms with Crippen LogP contribution in [0.1, 0.15) is 0 Å². The lowest BCUT2D eigenvalue weighted by Crippen LogP contribution is -2.32. The van der Waals surface area contributed by atoms with E-state index in [0.29, 0.717) is 0 Å². The van der Waals surface area contributed by atoms with E-state index >= 15 is 0 Å². The molecule has 0 N–H and O–H groups in total. The van der Waals surface area contributed by atoms with Gasteiger partial charge in [-0.15, -0.1) is 0 Å². The second-order valence-corrected chi connectivity index (χ2v) is 13.9. The van der Waals surface area contributed by atoms with Crippen LogP contribution in [0.2, 0.25) is 0 Å². The van der Waals surface area contributed by atoms with Gasteiger partial charge in [0.05, 0.1) is 5.69 Å². The number of rotatable bonds is 7. The highest BCUT2D eigenvalue weighted by Gasteiger charge is 2.35. The third-order valence-corrected chi connectivity index (χ3v) is 11.7. The van der Waals surface area contributed by atoms with Crippen LogP contribution in [0.3, 0.4) is 0 Å². The van der Waals surface area contributed by atoms with Crippen molar-refractivity contribution in [2.24, 2.45) is 9.26 Å². The van der Waals surface area contributed by atoms with Crippen molar-refractivity contribution in [3.8, 4) is 0 Å². The zero-order valence-corrected chi connectivity index (χ0v) is 19.2. The Morgan fingerprint density at radius 3 is 1.32 bits per heavy atom. The first-order chi connectivity index (χ1) is 11.5. The molecule has 0 aromatic heterocycles. The molecule has 0 saturated carbocycles. The van der Waals surface area contributed by atoms with Crippen LogP contribution in [0, 0.1) is 0 Å². The van der Waals surface area contributed by atoms with Gasteiger partial charge in [-0.25, -0.2) is 14.1 Å². The maximum absolute atomic E-state index is 5.52. The molecule has 0 atom stereocenters. The zero-order chi connectivity index (χ0) is 19.4. The van der Waals surface area contributed by atoms with Crippen LogP contribution < -0.4 is 0 Å². The summed E-state index contributed by atoms with van der Waals surface area (Å²) in [5.74, 6) is 0. The molecule has 0 saturated heterocycles. The van der Waals surface area contributed by atoms with Crippen LogP contribution in [-0.4, -0.2) is 93.8 Å². The Morgan fingerprint density at radius 1 is 0.600 bits per heavy atom. The summed E-state index contributed by atoms with van der Waals surface area (Å²) in [7, 11) is 16.5. The van der Waals surface area contributed by atoms with E-state index in [2.05, 4.69) is 93.8 Å². The quantitative estimate of drug-likeness (QED) is 0.661. The van der Waals surface area contributed by atoms with Crippen molar-refractivity contribution in [2.45, 2.75) is 0 Å². The maximum Gasteiger partial charge on any atom is 0.217 e. The third kappa shape index (κ3) is 4.61. The summed E-state index contributed by atoms with van der Waals surface area (Å²) in [4.78, 5) is 0. The molecule has 0 aliphatic rings. The molecule has 0 radical (unpaired) electrons. The van der Waals surface area contributed by atoms with Crippen LogP contribution in [0.25, 0.3) is 0 Å². The molecule has 25 heavy (non-hydrogen) atoms. The highest BCUT2D eigenvalue weighted by molar-refractivity contribution is 7.71. The molecule has 0 spiro atoms. The van der Waals surface area contributed by atoms with Gasteiger partial charge in [0.2, 0.25) is 7.51 Å². The minimum atomic E-state index is -2.30. The van der Waals surface area contributed by atoms with Gasteiger partial charge in [0, 0.05) is 0 Å². The molecule has 1 rings (SSSR count). The van der Waals surface area contributed by atoms with Crippen LogP contribution in [0.5, 0.6) is 0 Å². The molecule has 1 aromatic rings. The summed E-state index contributed by atoms with van der Waals surface area (Å²) in [6, 6.07) is 10.1. The van der Waals surface area contributed by atoms with Crippen molar-refractivity contribution in [3.63, 3.8) is 0 Å². The molecule has 0 fully saturated rings. The first-order valence-corrected chi connectivity index (χ1v) is 11.4. The highest BCUT2D eigenvalue weighted by atomic mass is 31.2. The first-order valence-electron chi connectivity index (χ1n) is 8.21. The van der Waals surface area contributed by atoms with Crippen LogP contribution >= 0.6 is 15.0 Å². The molecule has 0 heterocycles. The second kappa shape index (κ2) is 8.92. The standard InChI is InChI=1S/C16H35N7P2/c1-19(2)24(20(3)4,17-16-14-12-11-13-15-16)18-25(21(5)6,22(7)8)23(9)10/h11-15H,1-10H3. The molecule has 0 unspecified atom stereocenters. The lowest BCUT2D eigenvalue weighted by Gasteiger charge is -2.44. The summed E-state index contributed by atoms with van der Waals surface area (Å²) < 4.78 is 21.7. The average molecular weight is 387 g/mol. The Bertz CT molecular complexity index is 611. The number of benzene rings is 1. The molecule has 0 aliphatic carbocycles. The zero-order valence-electron chi connectivity index (χ0n) is 17.4. The minimum Gasteiger partial charge on any atom is -0.252 e. The second-order valence-electron chi connectivity index (χ2n) is 6.83. The smallest absolute Gasteiger partial charge is 0.217 e. The van der Waals surface area contributed by atoms with Crippen molar-refractivity contribution in [3.05, 3.63) is 30.3 Å². The van der Waals surface area contributed by atoms with Crippen molar-refractivity contribution in [1.29, 1.82) is 0 Å². The molecular formula is C16H35N7P2. The van der Waals surface area contributed by atoms with Gasteiger partial charge in [0.1, 0.15) is 0 Å². The molecule has 0 aliphatic heterocycles. The fourth-order valence-corrected chi connectivity index (χ4v) is 11.2. The maximum atomic E-state index is 5.52. The largest absolute Gasteiger partial charge is 0.252 e. The third-order valence-electron chi connectivity index (χ3n) is 3.93. The highest BCUT2D eigenvalue weighted by Crippen LogP contribution is 2.68. The van der Waals surface area contributed by atoms with Gasteiger partial charge >= 0.3 is 0 Å². The molecule has 9 heteroatoms. The predicted molar refractivity (Wildman–Crippen MR) is 113 cm³/mol. The van der Waals surface area contributed by atoms with E-state index in [1.54, 1.807) is 0 Å². The van der Waals surface area contributed by atoms with Gasteiger partial charge in [-0.2, -0.15) is 4.52 Å². The molecule has 0 bridgehead atoms. The Morgan fingerprint density at radius 2 is 1.00 bits per heavy atom. The van der Waals surface area contributed by atoms with Gasteiger partial charge in [-0.1, -0.05) is 18.2 Å². The van der Waals surface area contributed by atoms with Gasteiger partial charge in [0.25, 0.3) is 0 Å². The SMILES string of the molecule is CN(C)P(=Nc1ccccc1)(N=P(N(C)C)(N(C)C)N(C)C)N(C)C. The van der Waals surface area contributed by atoms with Gasteiger partial charge < -0.3 is 0 Å². The van der Waals surface area contributed by atoms with Gasteiger partial charge in [-0.3, -0.25) is 14.0 Å². The van der Waals surface area contributed by atoms with Crippen molar-refractivity contribution < 1.29 is 0 Å². The van der Waals surface area contributed by atoms with E-state index in [1.807, 2.05) is 30.3 Å². The topological polar surface area (TPSA) is 40.9 Å². The molecule has 0 amide bonds. The molecular weight excluding hydrogens is 352 g/mol. The van der Waals surface area contributed by atoms with Crippen molar-refractivity contribution in [1.82, 2.24) is 23.4 Å². The number of nitrogens with zero attached hydrogens (tertiary/aromatic N) is 7. The van der Waals surface area contributed by atoms with Crippen LogP contribution in [-0.2, 0) is 0 Å². The number of hydrogen-bond acceptors (Lipinski definition) is 1. The van der Waals surface area contributed by atoms with E-state index in [1.165, 1.54) is 0 Å².